The minimum atomic E-state index is -0.385. The summed E-state index contributed by atoms with van der Waals surface area (Å²) < 4.78 is 19.7. The van der Waals surface area contributed by atoms with Crippen molar-refractivity contribution in [3.63, 3.8) is 0 Å². The lowest BCUT2D eigenvalue weighted by Crippen LogP contribution is -2.29. The first-order valence-corrected chi connectivity index (χ1v) is 12.6. The van der Waals surface area contributed by atoms with Crippen molar-refractivity contribution < 1.29 is 13.6 Å². The van der Waals surface area contributed by atoms with Crippen LogP contribution in [0.4, 0.5) is 15.8 Å². The minimum absolute atomic E-state index is 0.120. The van der Waals surface area contributed by atoms with Crippen molar-refractivity contribution in [1.29, 1.82) is 0 Å². The molecule has 3 heterocycles. The number of rotatable bonds is 6. The zero-order chi connectivity index (χ0) is 26.1. The summed E-state index contributed by atoms with van der Waals surface area (Å²) in [6.07, 6.45) is 1.73. The first-order chi connectivity index (χ1) is 17.8. The largest absolute Gasteiger partial charge is 0.459 e. The van der Waals surface area contributed by atoms with E-state index in [1.807, 2.05) is 55.1 Å². The van der Waals surface area contributed by atoms with E-state index in [-0.39, 0.29) is 29.7 Å². The van der Waals surface area contributed by atoms with E-state index >= 15 is 0 Å². The molecular weight excluding hydrogens is 511 g/mol. The van der Waals surface area contributed by atoms with Crippen LogP contribution in [0.25, 0.3) is 11.3 Å². The molecule has 2 N–H and O–H groups in total. The Balaban J connectivity index is 1.54. The number of nitrogens with one attached hydrogen (secondary N) is 2. The first kappa shape index (κ1) is 24.9. The molecule has 0 aliphatic carbocycles. The third-order valence-corrected chi connectivity index (χ3v) is 6.79. The summed E-state index contributed by atoms with van der Waals surface area (Å²) >= 11 is 12.3. The van der Waals surface area contributed by atoms with E-state index in [1.165, 1.54) is 12.1 Å². The number of aromatic nitrogens is 1. The second kappa shape index (κ2) is 10.3. The number of hydrogen-bond donors (Lipinski definition) is 2. The van der Waals surface area contributed by atoms with Crippen LogP contribution in [0, 0.1) is 11.7 Å². The normalized spacial score (nSPS) is 17.2. The van der Waals surface area contributed by atoms with Gasteiger partial charge in [-0.05, 0) is 78.9 Å². The fraction of sp³-hybridized carbons (Fsp3) is 0.179. The summed E-state index contributed by atoms with van der Waals surface area (Å²) in [5.41, 5.74) is 2.81. The number of benzene rings is 2. The van der Waals surface area contributed by atoms with Gasteiger partial charge in [-0.15, -0.1) is 0 Å². The van der Waals surface area contributed by atoms with Crippen molar-refractivity contribution in [3.05, 3.63) is 101 Å². The van der Waals surface area contributed by atoms with Gasteiger partial charge in [0.25, 0.3) is 0 Å². The molecule has 0 spiro atoms. The van der Waals surface area contributed by atoms with Crippen molar-refractivity contribution in [2.45, 2.75) is 25.9 Å². The SMILES string of the molecule is CC(C)C(=O)Nc1ccc(N2C(=S)N[C@@H](c3ccccn3)[C@@H]2c2ccc(-c3ccc(F)cc3)o2)cc1Cl. The summed E-state index contributed by atoms with van der Waals surface area (Å²) in [7, 11) is 0. The van der Waals surface area contributed by atoms with Gasteiger partial charge in [0.1, 0.15) is 23.4 Å². The highest BCUT2D eigenvalue weighted by Gasteiger charge is 2.42. The fourth-order valence-electron chi connectivity index (χ4n) is 4.24. The standard InChI is InChI=1S/C28H24ClFN4O2S/c1-16(2)27(35)32-21-11-10-19(15-20(21)29)34-26(25(33-28(34)37)22-5-3-4-14-31-22)24-13-12-23(36-24)17-6-8-18(30)9-7-17/h3-16,25-26H,1-2H3,(H,32,35)(H,33,37)/t25-,26-/m0/s1. The monoisotopic (exact) mass is 534 g/mol. The number of nitrogens with zero attached hydrogens (tertiary/aromatic N) is 2. The lowest BCUT2D eigenvalue weighted by atomic mass is 10.0. The molecule has 1 fully saturated rings. The lowest BCUT2D eigenvalue weighted by molar-refractivity contribution is -0.118. The van der Waals surface area contributed by atoms with Gasteiger partial charge < -0.3 is 20.0 Å². The Labute approximate surface area is 224 Å². The van der Waals surface area contributed by atoms with Crippen LogP contribution in [-0.2, 0) is 4.79 Å². The summed E-state index contributed by atoms with van der Waals surface area (Å²) in [6.45, 7) is 3.63. The Morgan fingerprint density at radius 2 is 1.92 bits per heavy atom. The van der Waals surface area contributed by atoms with Crippen molar-refractivity contribution >= 4 is 46.2 Å². The van der Waals surface area contributed by atoms with Crippen LogP contribution in [-0.4, -0.2) is 16.0 Å². The molecule has 0 bridgehead atoms. The Morgan fingerprint density at radius 3 is 2.59 bits per heavy atom. The first-order valence-electron chi connectivity index (χ1n) is 11.8. The van der Waals surface area contributed by atoms with Crippen LogP contribution in [0.5, 0.6) is 0 Å². The average molecular weight is 535 g/mol. The molecule has 2 aromatic heterocycles. The zero-order valence-corrected chi connectivity index (χ0v) is 21.7. The molecule has 37 heavy (non-hydrogen) atoms. The number of pyridine rings is 1. The molecule has 9 heteroatoms. The Hall–Kier alpha value is -3.75. The molecule has 4 aromatic rings. The van der Waals surface area contributed by atoms with Gasteiger partial charge in [0.15, 0.2) is 5.11 Å². The summed E-state index contributed by atoms with van der Waals surface area (Å²) in [5, 5.41) is 7.10. The molecule has 0 saturated carbocycles. The molecule has 0 radical (unpaired) electrons. The Kier molecular flexibility index (Phi) is 6.95. The summed E-state index contributed by atoms with van der Waals surface area (Å²) in [6, 6.07) is 20.3. The third kappa shape index (κ3) is 5.08. The number of carbonyl (C=O) groups is 1. The predicted molar refractivity (Wildman–Crippen MR) is 147 cm³/mol. The molecule has 5 rings (SSSR count). The average Bonchev–Trinajstić information content (AvgIpc) is 3.51. The maximum Gasteiger partial charge on any atom is 0.226 e. The Bertz CT molecular complexity index is 1440. The summed E-state index contributed by atoms with van der Waals surface area (Å²) in [4.78, 5) is 18.7. The number of hydrogen-bond acceptors (Lipinski definition) is 4. The van der Waals surface area contributed by atoms with Gasteiger partial charge >= 0.3 is 0 Å². The summed E-state index contributed by atoms with van der Waals surface area (Å²) in [5.74, 6) is 0.647. The molecule has 2 atom stereocenters. The number of amides is 1. The number of furan rings is 1. The smallest absolute Gasteiger partial charge is 0.226 e. The van der Waals surface area contributed by atoms with Crippen molar-refractivity contribution in [2.24, 2.45) is 5.92 Å². The van der Waals surface area contributed by atoms with Crippen LogP contribution in [0.2, 0.25) is 5.02 Å². The predicted octanol–water partition coefficient (Wildman–Crippen LogP) is 6.91. The topological polar surface area (TPSA) is 70.4 Å². The number of thiocarbonyl (C=S) groups is 1. The van der Waals surface area contributed by atoms with E-state index in [2.05, 4.69) is 15.6 Å². The van der Waals surface area contributed by atoms with E-state index in [1.54, 1.807) is 30.5 Å². The molecule has 188 valence electrons. The molecule has 1 aliphatic heterocycles. The molecule has 1 saturated heterocycles. The van der Waals surface area contributed by atoms with Crippen LogP contribution >= 0.6 is 23.8 Å². The zero-order valence-electron chi connectivity index (χ0n) is 20.1. The van der Waals surface area contributed by atoms with Crippen molar-refractivity contribution in [2.75, 3.05) is 10.2 Å². The van der Waals surface area contributed by atoms with Gasteiger partial charge in [-0.1, -0.05) is 31.5 Å². The highest BCUT2D eigenvalue weighted by Crippen LogP contribution is 2.44. The van der Waals surface area contributed by atoms with Gasteiger partial charge in [-0.3, -0.25) is 9.78 Å². The molecule has 1 aliphatic rings. The third-order valence-electron chi connectivity index (χ3n) is 6.16. The highest BCUT2D eigenvalue weighted by molar-refractivity contribution is 7.80. The number of halogens is 2. The molecule has 1 amide bonds. The van der Waals surface area contributed by atoms with Gasteiger partial charge in [-0.25, -0.2) is 4.39 Å². The number of carbonyl (C=O) groups excluding carboxylic acids is 1. The second-order valence-electron chi connectivity index (χ2n) is 9.01. The second-order valence-corrected chi connectivity index (χ2v) is 9.81. The van der Waals surface area contributed by atoms with E-state index in [0.717, 1.165) is 16.9 Å². The molecule has 6 nitrogen and oxygen atoms in total. The lowest BCUT2D eigenvalue weighted by Gasteiger charge is -2.26. The molecule has 0 unspecified atom stereocenters. The van der Waals surface area contributed by atoms with Crippen molar-refractivity contribution in [1.82, 2.24) is 10.3 Å². The van der Waals surface area contributed by atoms with Crippen LogP contribution in [0.15, 0.2) is 83.4 Å². The van der Waals surface area contributed by atoms with Gasteiger partial charge in [-0.2, -0.15) is 0 Å². The van der Waals surface area contributed by atoms with E-state index in [0.29, 0.717) is 27.3 Å². The number of anilines is 2. The van der Waals surface area contributed by atoms with Crippen LogP contribution in [0.1, 0.15) is 37.4 Å². The molecular formula is C28H24ClFN4O2S. The van der Waals surface area contributed by atoms with Gasteiger partial charge in [0.2, 0.25) is 5.91 Å². The van der Waals surface area contributed by atoms with Crippen molar-refractivity contribution in [3.8, 4) is 11.3 Å². The van der Waals surface area contributed by atoms with E-state index in [9.17, 15) is 9.18 Å². The maximum absolute atomic E-state index is 13.4. The minimum Gasteiger partial charge on any atom is -0.459 e. The fourth-order valence-corrected chi connectivity index (χ4v) is 4.80. The quantitative estimate of drug-likeness (QED) is 0.262. The Morgan fingerprint density at radius 1 is 1.14 bits per heavy atom. The van der Waals surface area contributed by atoms with Crippen LogP contribution in [0.3, 0.4) is 0 Å². The maximum atomic E-state index is 13.4. The molecule has 2 aromatic carbocycles. The van der Waals surface area contributed by atoms with Crippen LogP contribution < -0.4 is 15.5 Å². The van der Waals surface area contributed by atoms with E-state index < -0.39 is 0 Å². The van der Waals surface area contributed by atoms with E-state index in [4.69, 9.17) is 28.2 Å². The highest BCUT2D eigenvalue weighted by atomic mass is 35.5. The van der Waals surface area contributed by atoms with Gasteiger partial charge in [0.05, 0.1) is 22.4 Å². The van der Waals surface area contributed by atoms with Gasteiger partial charge in [0, 0.05) is 23.4 Å².